The zero-order valence-corrected chi connectivity index (χ0v) is 16.6. The molecule has 0 saturated carbocycles. The lowest BCUT2D eigenvalue weighted by molar-refractivity contribution is 0.100. The van der Waals surface area contributed by atoms with Gasteiger partial charge < -0.3 is 15.6 Å². The molecule has 9 heteroatoms. The number of carbonyl (C=O) groups excluding carboxylic acids is 1. The second-order valence-corrected chi connectivity index (χ2v) is 7.61. The molecule has 2 heterocycles. The van der Waals surface area contributed by atoms with E-state index in [4.69, 9.17) is 22.1 Å². The number of imidazole rings is 1. The maximum atomic E-state index is 12.8. The van der Waals surface area contributed by atoms with Gasteiger partial charge in [0.25, 0.3) is 5.56 Å². The number of primary amides is 1. The highest BCUT2D eigenvalue weighted by molar-refractivity contribution is 7.15. The van der Waals surface area contributed by atoms with E-state index in [1.165, 1.54) is 22.8 Å². The first kappa shape index (κ1) is 19.0. The Morgan fingerprint density at radius 1 is 1.34 bits per heavy atom. The van der Waals surface area contributed by atoms with Gasteiger partial charge in [0, 0.05) is 17.3 Å². The van der Waals surface area contributed by atoms with Crippen LogP contribution in [0.5, 0.6) is 11.5 Å². The van der Waals surface area contributed by atoms with Gasteiger partial charge in [0.05, 0.1) is 22.4 Å². The third-order valence-corrected chi connectivity index (χ3v) is 5.59. The van der Waals surface area contributed by atoms with Crippen LogP contribution in [0.4, 0.5) is 0 Å². The molecule has 1 amide bonds. The number of thiazole rings is 1. The van der Waals surface area contributed by atoms with Gasteiger partial charge in [0.1, 0.15) is 0 Å². The smallest absolute Gasteiger partial charge is 0.274 e. The molecule has 3 N–H and O–H groups in total. The van der Waals surface area contributed by atoms with Gasteiger partial charge in [-0.1, -0.05) is 35.1 Å². The molecule has 0 aliphatic carbocycles. The van der Waals surface area contributed by atoms with Crippen molar-refractivity contribution in [3.8, 4) is 22.8 Å². The number of aromatic nitrogens is 2. The van der Waals surface area contributed by atoms with Crippen molar-refractivity contribution in [2.45, 2.75) is 0 Å². The largest absolute Gasteiger partial charge is 0.503 e. The number of amides is 1. The van der Waals surface area contributed by atoms with Crippen molar-refractivity contribution >= 4 is 39.9 Å². The van der Waals surface area contributed by atoms with Crippen LogP contribution in [0.1, 0.15) is 15.9 Å². The fraction of sp³-hybridized carbons (Fsp3) is 0.0500. The van der Waals surface area contributed by atoms with E-state index in [0.717, 1.165) is 0 Å². The van der Waals surface area contributed by atoms with Crippen LogP contribution in [0.25, 0.3) is 22.3 Å². The maximum absolute atomic E-state index is 12.8. The minimum Gasteiger partial charge on any atom is -0.503 e. The monoisotopic (exact) mass is 427 g/mol. The average molecular weight is 428 g/mol. The van der Waals surface area contributed by atoms with E-state index in [9.17, 15) is 14.7 Å². The van der Waals surface area contributed by atoms with Crippen molar-refractivity contribution in [1.82, 2.24) is 9.38 Å². The number of nitrogens with zero attached hydrogens (tertiary/aromatic N) is 2. The SMILES string of the molecule is COc1cc(C=c2sc3nc(-c4cccc(C(N)=O)c4)cn3c2=O)cc(Cl)c1O. The number of aromatic hydroxyl groups is 1. The Kier molecular flexibility index (Phi) is 4.73. The number of fused-ring (bicyclic) bond motifs is 1. The molecule has 2 aromatic heterocycles. The quantitative estimate of drug-likeness (QED) is 0.520. The number of ether oxygens (including phenoxy) is 1. The highest BCUT2D eigenvalue weighted by Gasteiger charge is 2.13. The fourth-order valence-electron chi connectivity index (χ4n) is 2.89. The van der Waals surface area contributed by atoms with Crippen LogP contribution in [0.15, 0.2) is 47.4 Å². The zero-order valence-electron chi connectivity index (χ0n) is 15.0. The van der Waals surface area contributed by atoms with Gasteiger partial charge in [-0.25, -0.2) is 4.98 Å². The minimum absolute atomic E-state index is 0.126. The molecule has 0 aliphatic heterocycles. The first-order valence-electron chi connectivity index (χ1n) is 8.37. The molecule has 0 unspecified atom stereocenters. The summed E-state index contributed by atoms with van der Waals surface area (Å²) in [4.78, 5) is 29.2. The minimum atomic E-state index is -0.530. The second kappa shape index (κ2) is 7.23. The summed E-state index contributed by atoms with van der Waals surface area (Å²) in [6.45, 7) is 0. The Morgan fingerprint density at radius 2 is 2.14 bits per heavy atom. The molecule has 146 valence electrons. The van der Waals surface area contributed by atoms with E-state index >= 15 is 0 Å². The summed E-state index contributed by atoms with van der Waals surface area (Å²) in [5.74, 6) is -0.469. The number of benzene rings is 2. The standard InChI is InChI=1S/C20H14ClN3O4S/c1-28-15-6-10(5-13(21)17(15)25)7-16-19(27)24-9-14(23-20(24)29-16)11-3-2-4-12(8-11)18(22)26/h2-9,25H,1H3,(H2,22,26). The third-order valence-electron chi connectivity index (χ3n) is 4.32. The number of phenolic OH excluding ortho intramolecular Hbond substituents is 1. The molecule has 2 aromatic carbocycles. The molecule has 0 bridgehead atoms. The van der Waals surface area contributed by atoms with Crippen molar-refractivity contribution in [1.29, 1.82) is 0 Å². The van der Waals surface area contributed by atoms with E-state index < -0.39 is 5.91 Å². The van der Waals surface area contributed by atoms with Gasteiger partial charge in [0.2, 0.25) is 5.91 Å². The molecule has 0 aliphatic rings. The van der Waals surface area contributed by atoms with Crippen molar-refractivity contribution < 1.29 is 14.6 Å². The van der Waals surface area contributed by atoms with Crippen molar-refractivity contribution in [2.24, 2.45) is 5.73 Å². The predicted octanol–water partition coefficient (Wildman–Crippen LogP) is 2.44. The summed E-state index contributed by atoms with van der Waals surface area (Å²) in [5, 5.41) is 9.97. The average Bonchev–Trinajstić information content (AvgIpc) is 3.24. The van der Waals surface area contributed by atoms with Crippen LogP contribution in [-0.4, -0.2) is 27.5 Å². The lowest BCUT2D eigenvalue weighted by Gasteiger charge is -2.05. The molecular weight excluding hydrogens is 414 g/mol. The highest BCUT2D eigenvalue weighted by Crippen LogP contribution is 2.35. The summed E-state index contributed by atoms with van der Waals surface area (Å²) in [5.41, 5.74) is 7.32. The van der Waals surface area contributed by atoms with E-state index in [2.05, 4.69) is 4.98 Å². The van der Waals surface area contributed by atoms with Gasteiger partial charge in [-0.2, -0.15) is 0 Å². The van der Waals surface area contributed by atoms with Gasteiger partial charge >= 0.3 is 0 Å². The number of hydrogen-bond acceptors (Lipinski definition) is 6. The molecule has 0 radical (unpaired) electrons. The lowest BCUT2D eigenvalue weighted by atomic mass is 10.1. The predicted molar refractivity (Wildman–Crippen MR) is 112 cm³/mol. The Morgan fingerprint density at radius 3 is 2.83 bits per heavy atom. The number of nitrogens with two attached hydrogens (primary N) is 1. The summed E-state index contributed by atoms with van der Waals surface area (Å²) in [6, 6.07) is 9.89. The molecule has 29 heavy (non-hydrogen) atoms. The summed E-state index contributed by atoms with van der Waals surface area (Å²) in [7, 11) is 1.42. The maximum Gasteiger partial charge on any atom is 0.274 e. The number of rotatable bonds is 4. The summed E-state index contributed by atoms with van der Waals surface area (Å²) < 4.78 is 6.99. The van der Waals surface area contributed by atoms with E-state index in [1.54, 1.807) is 48.7 Å². The molecule has 7 nitrogen and oxygen atoms in total. The van der Waals surface area contributed by atoms with Crippen LogP contribution >= 0.6 is 22.9 Å². The lowest BCUT2D eigenvalue weighted by Crippen LogP contribution is -2.22. The number of phenols is 1. The number of methoxy groups -OCH3 is 1. The first-order valence-corrected chi connectivity index (χ1v) is 9.57. The molecule has 4 aromatic rings. The molecular formula is C20H14ClN3O4S. The molecule has 4 rings (SSSR count). The van der Waals surface area contributed by atoms with Crippen molar-refractivity contribution in [3.05, 3.63) is 73.6 Å². The Labute approximate surface area is 173 Å². The van der Waals surface area contributed by atoms with Gasteiger partial charge in [-0.15, -0.1) is 0 Å². The van der Waals surface area contributed by atoms with Crippen LogP contribution in [0.3, 0.4) is 0 Å². The van der Waals surface area contributed by atoms with E-state index in [1.807, 2.05) is 0 Å². The second-order valence-electron chi connectivity index (χ2n) is 6.19. The Hall–Kier alpha value is -3.36. The zero-order chi connectivity index (χ0) is 20.7. The van der Waals surface area contributed by atoms with Gasteiger partial charge in [0.15, 0.2) is 16.5 Å². The molecule has 0 spiro atoms. The number of hydrogen-bond donors (Lipinski definition) is 2. The topological polar surface area (TPSA) is 107 Å². The summed E-state index contributed by atoms with van der Waals surface area (Å²) in [6.07, 6.45) is 3.28. The summed E-state index contributed by atoms with van der Waals surface area (Å²) >= 11 is 7.22. The van der Waals surface area contributed by atoms with Gasteiger partial charge in [-0.05, 0) is 35.9 Å². The normalized spacial score (nSPS) is 11.9. The molecule has 0 fully saturated rings. The van der Waals surface area contributed by atoms with Crippen LogP contribution < -0.4 is 20.6 Å². The number of halogens is 1. The molecule has 0 atom stereocenters. The first-order chi connectivity index (χ1) is 13.9. The van der Waals surface area contributed by atoms with Crippen molar-refractivity contribution in [3.63, 3.8) is 0 Å². The molecule has 0 saturated heterocycles. The van der Waals surface area contributed by atoms with Crippen molar-refractivity contribution in [2.75, 3.05) is 7.11 Å². The van der Waals surface area contributed by atoms with E-state index in [-0.39, 0.29) is 22.1 Å². The van der Waals surface area contributed by atoms with E-state index in [0.29, 0.717) is 31.9 Å². The van der Waals surface area contributed by atoms with Crippen LogP contribution in [-0.2, 0) is 0 Å². The highest BCUT2D eigenvalue weighted by atomic mass is 35.5. The van der Waals surface area contributed by atoms with Crippen LogP contribution in [0, 0.1) is 0 Å². The Bertz CT molecular complexity index is 1380. The number of carbonyl (C=O) groups is 1. The Balaban J connectivity index is 1.79. The van der Waals surface area contributed by atoms with Crippen LogP contribution in [0.2, 0.25) is 5.02 Å². The third kappa shape index (κ3) is 3.43. The van der Waals surface area contributed by atoms with Gasteiger partial charge in [-0.3, -0.25) is 14.0 Å². The fourth-order valence-corrected chi connectivity index (χ4v) is 4.06.